The molecule has 20 heavy (non-hydrogen) atoms. The fourth-order valence-electron chi connectivity index (χ4n) is 2.69. The van der Waals surface area contributed by atoms with Gasteiger partial charge in [-0.1, -0.05) is 12.1 Å². The molecule has 2 atom stereocenters. The Hall–Kier alpha value is -1.55. The van der Waals surface area contributed by atoms with Gasteiger partial charge in [0.15, 0.2) is 0 Å². The average Bonchev–Trinajstić information content (AvgIpc) is 2.47. The van der Waals surface area contributed by atoms with Gasteiger partial charge in [0.2, 0.25) is 5.91 Å². The number of carbonyl (C=O) groups is 1. The lowest BCUT2D eigenvalue weighted by molar-refractivity contribution is -0.127. The van der Waals surface area contributed by atoms with Gasteiger partial charge in [0.05, 0.1) is 19.1 Å². The molecule has 1 aromatic carbocycles. The molecule has 0 aromatic heterocycles. The summed E-state index contributed by atoms with van der Waals surface area (Å²) in [6, 6.07) is 7.87. The van der Waals surface area contributed by atoms with E-state index in [4.69, 9.17) is 4.74 Å². The van der Waals surface area contributed by atoms with E-state index < -0.39 is 0 Å². The van der Waals surface area contributed by atoms with Gasteiger partial charge >= 0.3 is 0 Å². The third-order valence-corrected chi connectivity index (χ3v) is 3.97. The van der Waals surface area contributed by atoms with E-state index in [1.165, 1.54) is 0 Å². The quantitative estimate of drug-likeness (QED) is 0.917. The van der Waals surface area contributed by atoms with Crippen LogP contribution in [0.4, 0.5) is 0 Å². The first kappa shape index (κ1) is 14.9. The Morgan fingerprint density at radius 1 is 1.40 bits per heavy atom. The molecular weight excluding hydrogens is 252 g/mol. The van der Waals surface area contributed by atoms with E-state index in [9.17, 15) is 4.79 Å². The zero-order valence-corrected chi connectivity index (χ0v) is 12.6. The molecule has 110 valence electrons. The molecule has 0 spiro atoms. The summed E-state index contributed by atoms with van der Waals surface area (Å²) in [6.07, 6.45) is 2.09. The number of carbonyl (C=O) groups excluding carboxylic acids is 1. The highest BCUT2D eigenvalue weighted by Gasteiger charge is 2.24. The molecule has 1 amide bonds. The van der Waals surface area contributed by atoms with Gasteiger partial charge in [-0.05, 0) is 51.1 Å². The second-order valence-corrected chi connectivity index (χ2v) is 5.60. The van der Waals surface area contributed by atoms with Gasteiger partial charge in [-0.15, -0.1) is 0 Å². The van der Waals surface area contributed by atoms with Crippen LogP contribution in [0.15, 0.2) is 24.3 Å². The van der Waals surface area contributed by atoms with Gasteiger partial charge in [0.25, 0.3) is 0 Å². The molecule has 0 saturated carbocycles. The maximum atomic E-state index is 12.3. The monoisotopic (exact) mass is 276 g/mol. The normalized spacial score (nSPS) is 21.2. The highest BCUT2D eigenvalue weighted by atomic mass is 16.5. The molecule has 1 saturated heterocycles. The Morgan fingerprint density at radius 3 is 2.70 bits per heavy atom. The maximum Gasteiger partial charge on any atom is 0.224 e. The van der Waals surface area contributed by atoms with Gasteiger partial charge in [0, 0.05) is 6.54 Å². The number of rotatable bonds is 4. The van der Waals surface area contributed by atoms with Crippen molar-refractivity contribution in [2.45, 2.75) is 25.8 Å². The van der Waals surface area contributed by atoms with Crippen LogP contribution in [0.1, 0.15) is 31.4 Å². The number of ether oxygens (including phenoxy) is 1. The standard InChI is InChI=1S/C16H24N2O2/c1-12(13-6-8-15(20-3)9-7-13)17-16(19)14-5-4-10-18(2)11-14/h6-9,12,14H,4-5,10-11H2,1-3H3,(H,17,19). The summed E-state index contributed by atoms with van der Waals surface area (Å²) in [4.78, 5) is 14.5. The molecule has 0 radical (unpaired) electrons. The molecule has 0 aliphatic carbocycles. The van der Waals surface area contributed by atoms with Gasteiger partial charge in [-0.25, -0.2) is 0 Å². The van der Waals surface area contributed by atoms with Gasteiger partial charge < -0.3 is 15.0 Å². The molecule has 1 aliphatic rings. The lowest BCUT2D eigenvalue weighted by atomic mass is 9.97. The van der Waals surface area contributed by atoms with Crippen LogP contribution in [0.2, 0.25) is 0 Å². The van der Waals surface area contributed by atoms with E-state index in [0.29, 0.717) is 0 Å². The van der Waals surface area contributed by atoms with Crippen molar-refractivity contribution in [1.29, 1.82) is 0 Å². The molecule has 2 unspecified atom stereocenters. The number of likely N-dealkylation sites (tertiary alicyclic amines) is 1. The SMILES string of the molecule is COc1ccc(C(C)NC(=O)C2CCCN(C)C2)cc1. The second kappa shape index (κ2) is 6.75. The van der Waals surface area contributed by atoms with E-state index in [1.54, 1.807) is 7.11 Å². The van der Waals surface area contributed by atoms with E-state index in [1.807, 2.05) is 31.2 Å². The van der Waals surface area contributed by atoms with Crippen LogP contribution < -0.4 is 10.1 Å². The number of nitrogens with one attached hydrogen (secondary N) is 1. The van der Waals surface area contributed by atoms with E-state index >= 15 is 0 Å². The first-order valence-electron chi connectivity index (χ1n) is 7.23. The zero-order chi connectivity index (χ0) is 14.5. The molecule has 0 bridgehead atoms. The molecule has 2 rings (SSSR count). The third kappa shape index (κ3) is 3.73. The van der Waals surface area contributed by atoms with Crippen molar-refractivity contribution in [3.8, 4) is 5.75 Å². The predicted molar refractivity (Wildman–Crippen MR) is 79.8 cm³/mol. The summed E-state index contributed by atoms with van der Waals surface area (Å²) < 4.78 is 5.14. The largest absolute Gasteiger partial charge is 0.497 e. The van der Waals surface area contributed by atoms with Crippen molar-refractivity contribution >= 4 is 5.91 Å². The molecule has 4 nitrogen and oxygen atoms in total. The minimum absolute atomic E-state index is 0.0284. The molecule has 1 heterocycles. The summed E-state index contributed by atoms with van der Waals surface area (Å²) in [7, 11) is 3.73. The van der Waals surface area contributed by atoms with Crippen molar-refractivity contribution in [2.75, 3.05) is 27.2 Å². The fourth-order valence-corrected chi connectivity index (χ4v) is 2.69. The van der Waals surface area contributed by atoms with Crippen molar-refractivity contribution in [3.05, 3.63) is 29.8 Å². The van der Waals surface area contributed by atoms with E-state index in [2.05, 4.69) is 17.3 Å². The van der Waals surface area contributed by atoms with Crippen LogP contribution in [0, 0.1) is 5.92 Å². The average molecular weight is 276 g/mol. The Labute approximate surface area is 121 Å². The summed E-state index contributed by atoms with van der Waals surface area (Å²) in [6.45, 7) is 3.98. The Bertz CT molecular complexity index is 444. The van der Waals surface area contributed by atoms with Crippen molar-refractivity contribution in [2.24, 2.45) is 5.92 Å². The molecular formula is C16H24N2O2. The Morgan fingerprint density at radius 2 is 2.10 bits per heavy atom. The number of amides is 1. The predicted octanol–water partition coefficient (Wildman–Crippen LogP) is 2.21. The third-order valence-electron chi connectivity index (χ3n) is 3.97. The van der Waals surface area contributed by atoms with Crippen molar-refractivity contribution < 1.29 is 9.53 Å². The molecule has 4 heteroatoms. The van der Waals surface area contributed by atoms with Crippen LogP contribution in [0.3, 0.4) is 0 Å². The van der Waals surface area contributed by atoms with Crippen LogP contribution >= 0.6 is 0 Å². The minimum atomic E-state index is 0.0284. The Kier molecular flexibility index (Phi) is 5.01. The van der Waals surface area contributed by atoms with Crippen molar-refractivity contribution in [3.63, 3.8) is 0 Å². The lowest BCUT2D eigenvalue weighted by Gasteiger charge is -2.29. The fraction of sp³-hybridized carbons (Fsp3) is 0.562. The molecule has 1 aromatic rings. The van der Waals surface area contributed by atoms with Crippen LogP contribution in [-0.4, -0.2) is 38.1 Å². The van der Waals surface area contributed by atoms with Crippen molar-refractivity contribution in [1.82, 2.24) is 10.2 Å². The maximum absolute atomic E-state index is 12.3. The second-order valence-electron chi connectivity index (χ2n) is 5.60. The summed E-state index contributed by atoms with van der Waals surface area (Å²) in [5, 5.41) is 3.12. The number of benzene rings is 1. The number of hydrogen-bond acceptors (Lipinski definition) is 3. The zero-order valence-electron chi connectivity index (χ0n) is 12.6. The molecule has 1 N–H and O–H groups in total. The highest BCUT2D eigenvalue weighted by Crippen LogP contribution is 2.20. The highest BCUT2D eigenvalue weighted by molar-refractivity contribution is 5.79. The van der Waals surface area contributed by atoms with E-state index in [0.717, 1.165) is 37.2 Å². The Balaban J connectivity index is 1.92. The minimum Gasteiger partial charge on any atom is -0.497 e. The van der Waals surface area contributed by atoms with Crippen LogP contribution in [0.5, 0.6) is 5.75 Å². The first-order chi connectivity index (χ1) is 9.60. The lowest BCUT2D eigenvalue weighted by Crippen LogP contribution is -2.42. The topological polar surface area (TPSA) is 41.6 Å². The summed E-state index contributed by atoms with van der Waals surface area (Å²) >= 11 is 0. The number of piperidine rings is 1. The first-order valence-corrected chi connectivity index (χ1v) is 7.23. The van der Waals surface area contributed by atoms with E-state index in [-0.39, 0.29) is 17.9 Å². The summed E-state index contributed by atoms with van der Waals surface area (Å²) in [5.41, 5.74) is 1.10. The molecule has 1 fully saturated rings. The van der Waals surface area contributed by atoms with Gasteiger partial charge in [-0.2, -0.15) is 0 Å². The number of nitrogens with zero attached hydrogens (tertiary/aromatic N) is 1. The number of hydrogen-bond donors (Lipinski definition) is 1. The van der Waals surface area contributed by atoms with Crippen LogP contribution in [-0.2, 0) is 4.79 Å². The summed E-state index contributed by atoms with van der Waals surface area (Å²) in [5.74, 6) is 1.12. The van der Waals surface area contributed by atoms with Gasteiger partial charge in [0.1, 0.15) is 5.75 Å². The smallest absolute Gasteiger partial charge is 0.224 e. The van der Waals surface area contributed by atoms with Gasteiger partial charge in [-0.3, -0.25) is 4.79 Å². The molecule has 1 aliphatic heterocycles. The number of methoxy groups -OCH3 is 1. The van der Waals surface area contributed by atoms with Crippen LogP contribution in [0.25, 0.3) is 0 Å².